The van der Waals surface area contributed by atoms with Gasteiger partial charge in [0.1, 0.15) is 5.69 Å². The molecule has 0 spiro atoms. The van der Waals surface area contributed by atoms with Crippen LogP contribution in [-0.2, 0) is 0 Å². The van der Waals surface area contributed by atoms with Gasteiger partial charge in [-0.05, 0) is 47.1 Å². The van der Waals surface area contributed by atoms with Crippen LogP contribution in [0.1, 0.15) is 27.8 Å². The van der Waals surface area contributed by atoms with Crippen LogP contribution < -0.4 is 15.2 Å². The summed E-state index contributed by atoms with van der Waals surface area (Å²) < 4.78 is 11.6. The van der Waals surface area contributed by atoms with Gasteiger partial charge >= 0.3 is 5.97 Å². The van der Waals surface area contributed by atoms with Crippen molar-refractivity contribution in [3.8, 4) is 22.8 Å². The molecule has 3 rings (SSSR count). The molecule has 138 valence electrons. The minimum atomic E-state index is -0.719. The van der Waals surface area contributed by atoms with E-state index in [2.05, 4.69) is 31.3 Å². The third kappa shape index (κ3) is 3.98. The fraction of sp³-hybridized carbons (Fsp3) is 0.111. The lowest BCUT2D eigenvalue weighted by Crippen LogP contribution is -2.13. The summed E-state index contributed by atoms with van der Waals surface area (Å²) in [4.78, 5) is 23.9. The molecule has 1 amide bonds. The Kier molecular flexibility index (Phi) is 5.51. The van der Waals surface area contributed by atoms with Crippen molar-refractivity contribution >= 4 is 27.8 Å². The van der Waals surface area contributed by atoms with E-state index in [9.17, 15) is 9.59 Å². The van der Waals surface area contributed by atoms with Crippen LogP contribution in [0.5, 0.6) is 11.5 Å². The number of esters is 1. The molecule has 9 heteroatoms. The van der Waals surface area contributed by atoms with Crippen LogP contribution in [0.2, 0.25) is 0 Å². The number of aromatic amines is 1. The van der Waals surface area contributed by atoms with Crippen molar-refractivity contribution in [2.75, 3.05) is 6.61 Å². The predicted octanol–water partition coefficient (Wildman–Crippen LogP) is 2.95. The molecule has 0 atom stereocenters. The Morgan fingerprint density at radius 2 is 1.89 bits per heavy atom. The molecule has 0 unspecified atom stereocenters. The van der Waals surface area contributed by atoms with Crippen molar-refractivity contribution < 1.29 is 19.1 Å². The van der Waals surface area contributed by atoms with E-state index in [1.54, 1.807) is 43.3 Å². The first-order valence-electron chi connectivity index (χ1n) is 7.95. The van der Waals surface area contributed by atoms with Crippen LogP contribution in [0.4, 0.5) is 0 Å². The van der Waals surface area contributed by atoms with Crippen LogP contribution in [0.3, 0.4) is 0 Å². The highest BCUT2D eigenvalue weighted by Crippen LogP contribution is 2.39. The smallest absolute Gasteiger partial charge is 0.343 e. The molecule has 27 heavy (non-hydrogen) atoms. The number of halogens is 1. The molecule has 0 aliphatic heterocycles. The quantitative estimate of drug-likeness (QED) is 0.458. The predicted molar refractivity (Wildman–Crippen MR) is 101 cm³/mol. The third-order valence-corrected chi connectivity index (χ3v) is 4.24. The molecule has 0 saturated carbocycles. The number of ether oxygens (including phenoxy) is 2. The standard InChI is InChI=1S/C18H15BrN4O4/c1-2-26-13-8-11(15-16(17(20)24)22-23-21-15)12(19)9-14(13)27-18(25)10-6-4-3-5-7-10/h3-9H,2H2,1H3,(H2,20,24)(H,21,22,23). The Morgan fingerprint density at radius 3 is 2.56 bits per heavy atom. The van der Waals surface area contributed by atoms with Crippen molar-refractivity contribution in [3.05, 3.63) is 58.2 Å². The SMILES string of the molecule is CCOc1cc(-c2n[nH]nc2C(N)=O)c(Br)cc1OC(=O)c1ccccc1. The van der Waals surface area contributed by atoms with Gasteiger partial charge in [0.05, 0.1) is 12.2 Å². The maximum atomic E-state index is 12.4. The van der Waals surface area contributed by atoms with E-state index < -0.39 is 11.9 Å². The topological polar surface area (TPSA) is 120 Å². The minimum Gasteiger partial charge on any atom is -0.490 e. The number of rotatable bonds is 6. The van der Waals surface area contributed by atoms with Crippen LogP contribution in [-0.4, -0.2) is 33.9 Å². The second-order valence-electron chi connectivity index (χ2n) is 5.35. The molecule has 3 aromatic rings. The number of carbonyl (C=O) groups is 2. The summed E-state index contributed by atoms with van der Waals surface area (Å²) in [6.45, 7) is 2.15. The van der Waals surface area contributed by atoms with E-state index in [0.29, 0.717) is 28.0 Å². The highest BCUT2D eigenvalue weighted by molar-refractivity contribution is 9.10. The van der Waals surface area contributed by atoms with Gasteiger partial charge in [0.15, 0.2) is 17.2 Å². The Bertz CT molecular complexity index is 988. The van der Waals surface area contributed by atoms with Crippen LogP contribution in [0.15, 0.2) is 46.9 Å². The number of H-pyrrole nitrogens is 1. The minimum absolute atomic E-state index is 0.00724. The lowest BCUT2D eigenvalue weighted by molar-refractivity contribution is 0.0728. The molecule has 0 aliphatic rings. The molecule has 0 bridgehead atoms. The average Bonchev–Trinajstić information content (AvgIpc) is 3.14. The van der Waals surface area contributed by atoms with Gasteiger partial charge < -0.3 is 15.2 Å². The summed E-state index contributed by atoms with van der Waals surface area (Å²) in [5.41, 5.74) is 6.50. The maximum absolute atomic E-state index is 12.4. The van der Waals surface area contributed by atoms with E-state index in [4.69, 9.17) is 15.2 Å². The molecule has 0 fully saturated rings. The Balaban J connectivity index is 2.01. The molecule has 1 aromatic heterocycles. The molecular formula is C18H15BrN4O4. The number of primary amides is 1. The van der Waals surface area contributed by atoms with Gasteiger partial charge in [0.25, 0.3) is 5.91 Å². The molecular weight excluding hydrogens is 416 g/mol. The summed E-state index contributed by atoms with van der Waals surface area (Å²) in [7, 11) is 0. The van der Waals surface area contributed by atoms with E-state index in [0.717, 1.165) is 0 Å². The first kappa shape index (κ1) is 18.6. The summed E-state index contributed by atoms with van der Waals surface area (Å²) in [6, 6.07) is 11.8. The van der Waals surface area contributed by atoms with Crippen LogP contribution in [0.25, 0.3) is 11.3 Å². The maximum Gasteiger partial charge on any atom is 0.343 e. The first-order valence-corrected chi connectivity index (χ1v) is 8.75. The zero-order chi connectivity index (χ0) is 19.4. The first-order chi connectivity index (χ1) is 13.0. The fourth-order valence-electron chi connectivity index (χ4n) is 2.39. The molecule has 2 aromatic carbocycles. The van der Waals surface area contributed by atoms with Gasteiger partial charge in [-0.3, -0.25) is 4.79 Å². The molecule has 1 heterocycles. The van der Waals surface area contributed by atoms with Gasteiger partial charge in [0.2, 0.25) is 0 Å². The number of hydrogen-bond donors (Lipinski definition) is 2. The lowest BCUT2D eigenvalue weighted by Gasteiger charge is -2.13. The molecule has 3 N–H and O–H groups in total. The number of benzene rings is 2. The summed E-state index contributed by atoms with van der Waals surface area (Å²) in [5, 5.41) is 10.1. The average molecular weight is 431 g/mol. The van der Waals surface area contributed by atoms with Gasteiger partial charge in [-0.1, -0.05) is 18.2 Å². The van der Waals surface area contributed by atoms with Crippen molar-refractivity contribution in [2.24, 2.45) is 5.73 Å². The van der Waals surface area contributed by atoms with E-state index in [1.807, 2.05) is 6.07 Å². The zero-order valence-electron chi connectivity index (χ0n) is 14.2. The van der Waals surface area contributed by atoms with Crippen LogP contribution in [0, 0.1) is 0 Å². The number of nitrogens with one attached hydrogen (secondary N) is 1. The molecule has 0 saturated heterocycles. The highest BCUT2D eigenvalue weighted by atomic mass is 79.9. The van der Waals surface area contributed by atoms with E-state index in [1.165, 1.54) is 0 Å². The largest absolute Gasteiger partial charge is 0.490 e. The summed E-state index contributed by atoms with van der Waals surface area (Å²) >= 11 is 3.40. The monoisotopic (exact) mass is 430 g/mol. The van der Waals surface area contributed by atoms with Gasteiger partial charge in [0, 0.05) is 10.0 Å². The second kappa shape index (κ2) is 8.00. The Labute approximate surface area is 162 Å². The normalized spacial score (nSPS) is 10.4. The Morgan fingerprint density at radius 1 is 1.15 bits per heavy atom. The number of carbonyl (C=O) groups excluding carboxylic acids is 2. The second-order valence-corrected chi connectivity index (χ2v) is 6.21. The van der Waals surface area contributed by atoms with Gasteiger partial charge in [-0.2, -0.15) is 15.4 Å². The molecule has 0 radical (unpaired) electrons. The molecule has 8 nitrogen and oxygen atoms in total. The van der Waals surface area contributed by atoms with Crippen molar-refractivity contribution in [2.45, 2.75) is 6.92 Å². The number of amides is 1. The third-order valence-electron chi connectivity index (χ3n) is 3.58. The van der Waals surface area contributed by atoms with E-state index in [-0.39, 0.29) is 17.1 Å². The highest BCUT2D eigenvalue weighted by Gasteiger charge is 2.21. The van der Waals surface area contributed by atoms with Gasteiger partial charge in [-0.25, -0.2) is 4.79 Å². The van der Waals surface area contributed by atoms with Gasteiger partial charge in [-0.15, -0.1) is 0 Å². The van der Waals surface area contributed by atoms with Crippen molar-refractivity contribution in [1.29, 1.82) is 0 Å². The zero-order valence-corrected chi connectivity index (χ0v) is 15.8. The Hall–Kier alpha value is -3.20. The number of nitrogens with zero attached hydrogens (tertiary/aromatic N) is 2. The summed E-state index contributed by atoms with van der Waals surface area (Å²) in [6.07, 6.45) is 0. The molecule has 0 aliphatic carbocycles. The number of nitrogens with two attached hydrogens (primary N) is 1. The fourth-order valence-corrected chi connectivity index (χ4v) is 2.90. The van der Waals surface area contributed by atoms with Crippen molar-refractivity contribution in [1.82, 2.24) is 15.4 Å². The van der Waals surface area contributed by atoms with Crippen LogP contribution >= 0.6 is 15.9 Å². The van der Waals surface area contributed by atoms with Crippen molar-refractivity contribution in [3.63, 3.8) is 0 Å². The lowest BCUT2D eigenvalue weighted by atomic mass is 10.1. The number of hydrogen-bond acceptors (Lipinski definition) is 6. The summed E-state index contributed by atoms with van der Waals surface area (Å²) in [5.74, 6) is -0.692. The van der Waals surface area contributed by atoms with E-state index >= 15 is 0 Å². The number of aromatic nitrogens is 3.